The fraction of sp³-hybridized carbons (Fsp3) is 0.500. The molecule has 20 heavy (non-hydrogen) atoms. The number of piperidine rings is 1. The van der Waals surface area contributed by atoms with Crippen molar-refractivity contribution in [3.8, 4) is 0 Å². The molecule has 0 unspecified atom stereocenters. The van der Waals surface area contributed by atoms with E-state index < -0.39 is 5.56 Å². The van der Waals surface area contributed by atoms with E-state index in [-0.39, 0.29) is 11.6 Å². The van der Waals surface area contributed by atoms with E-state index in [4.69, 9.17) is 0 Å². The molecular weight excluding hydrogens is 258 g/mol. The third kappa shape index (κ3) is 2.89. The van der Waals surface area contributed by atoms with Crippen LogP contribution in [0.25, 0.3) is 6.08 Å². The highest BCUT2D eigenvalue weighted by Crippen LogP contribution is 2.09. The molecule has 2 rings (SSSR count). The molecule has 1 aromatic heterocycles. The van der Waals surface area contributed by atoms with E-state index in [9.17, 15) is 14.4 Å². The molecule has 1 amide bonds. The molecule has 2 heterocycles. The maximum absolute atomic E-state index is 12.0. The zero-order valence-electron chi connectivity index (χ0n) is 11.8. The van der Waals surface area contributed by atoms with Crippen molar-refractivity contribution >= 4 is 12.0 Å². The summed E-state index contributed by atoms with van der Waals surface area (Å²) in [6.07, 6.45) is 7.56. The van der Waals surface area contributed by atoms with Gasteiger partial charge in [-0.25, -0.2) is 4.79 Å². The van der Waals surface area contributed by atoms with E-state index in [2.05, 4.69) is 0 Å². The molecule has 1 aliphatic rings. The molecule has 108 valence electrons. The number of hydrogen-bond donors (Lipinski definition) is 0. The smallest absolute Gasteiger partial charge is 0.330 e. The molecular formula is C14H19N3O3. The number of amides is 1. The number of aryl methyl sites for hydroxylation is 1. The van der Waals surface area contributed by atoms with Crippen LogP contribution in [-0.2, 0) is 18.9 Å². The Balaban J connectivity index is 2.21. The molecule has 0 spiro atoms. The lowest BCUT2D eigenvalue weighted by Gasteiger charge is -2.25. The molecule has 1 aliphatic heterocycles. The largest absolute Gasteiger partial charge is 0.339 e. The van der Waals surface area contributed by atoms with Crippen LogP contribution in [0.1, 0.15) is 24.8 Å². The molecule has 6 heteroatoms. The SMILES string of the molecule is Cn1cc(/C=C/C(=O)N2CCCCC2)c(=O)n(C)c1=O. The van der Waals surface area contributed by atoms with E-state index in [1.165, 1.54) is 30.0 Å². The van der Waals surface area contributed by atoms with Gasteiger partial charge in [-0.3, -0.25) is 14.2 Å². The molecule has 0 saturated carbocycles. The monoisotopic (exact) mass is 277 g/mol. The molecule has 0 atom stereocenters. The lowest BCUT2D eigenvalue weighted by Crippen LogP contribution is -2.37. The molecule has 1 aromatic rings. The molecule has 0 bridgehead atoms. The normalized spacial score (nSPS) is 15.8. The fourth-order valence-electron chi connectivity index (χ4n) is 2.33. The summed E-state index contributed by atoms with van der Waals surface area (Å²) in [6, 6.07) is 0. The highest BCUT2D eigenvalue weighted by Gasteiger charge is 2.14. The molecule has 6 nitrogen and oxygen atoms in total. The van der Waals surface area contributed by atoms with Crippen LogP contribution in [0.5, 0.6) is 0 Å². The standard InChI is InChI=1S/C14H19N3O3/c1-15-10-11(13(19)16(2)14(15)20)6-7-12(18)17-8-4-3-5-9-17/h6-7,10H,3-5,8-9H2,1-2H3/b7-6+. The number of hydrogen-bond acceptors (Lipinski definition) is 3. The molecule has 0 N–H and O–H groups in total. The van der Waals surface area contributed by atoms with Crippen molar-refractivity contribution in [2.75, 3.05) is 13.1 Å². The van der Waals surface area contributed by atoms with E-state index in [0.717, 1.165) is 36.9 Å². The molecule has 0 radical (unpaired) electrons. The third-order valence-corrected chi connectivity index (χ3v) is 3.55. The second kappa shape index (κ2) is 5.90. The zero-order valence-corrected chi connectivity index (χ0v) is 11.8. The summed E-state index contributed by atoms with van der Waals surface area (Å²) in [7, 11) is 3.00. The number of carbonyl (C=O) groups is 1. The van der Waals surface area contributed by atoms with Crippen LogP contribution >= 0.6 is 0 Å². The Morgan fingerprint density at radius 1 is 1.15 bits per heavy atom. The van der Waals surface area contributed by atoms with Gasteiger partial charge in [0.2, 0.25) is 5.91 Å². The van der Waals surface area contributed by atoms with E-state index in [0.29, 0.717) is 5.56 Å². The quantitative estimate of drug-likeness (QED) is 0.721. The van der Waals surface area contributed by atoms with Crippen molar-refractivity contribution in [1.29, 1.82) is 0 Å². The first kappa shape index (κ1) is 14.3. The van der Waals surface area contributed by atoms with Crippen LogP contribution in [0, 0.1) is 0 Å². The van der Waals surface area contributed by atoms with Gasteiger partial charge in [-0.05, 0) is 25.3 Å². The molecule has 1 saturated heterocycles. The van der Waals surface area contributed by atoms with Gasteiger partial charge in [0.15, 0.2) is 0 Å². The zero-order chi connectivity index (χ0) is 14.7. The summed E-state index contributed by atoms with van der Waals surface area (Å²) in [6.45, 7) is 1.54. The van der Waals surface area contributed by atoms with Gasteiger partial charge >= 0.3 is 5.69 Å². The van der Waals surface area contributed by atoms with Crippen molar-refractivity contribution in [2.45, 2.75) is 19.3 Å². The summed E-state index contributed by atoms with van der Waals surface area (Å²) >= 11 is 0. The van der Waals surface area contributed by atoms with E-state index >= 15 is 0 Å². The highest BCUT2D eigenvalue weighted by molar-refractivity contribution is 5.91. The van der Waals surface area contributed by atoms with Crippen molar-refractivity contribution in [3.63, 3.8) is 0 Å². The average molecular weight is 277 g/mol. The first-order valence-corrected chi connectivity index (χ1v) is 6.74. The minimum absolute atomic E-state index is 0.0828. The van der Waals surface area contributed by atoms with Gasteiger partial charge in [0.1, 0.15) is 0 Å². The van der Waals surface area contributed by atoms with Crippen LogP contribution in [-0.4, -0.2) is 33.0 Å². The van der Waals surface area contributed by atoms with Crippen LogP contribution in [0.3, 0.4) is 0 Å². The first-order chi connectivity index (χ1) is 9.50. The second-order valence-corrected chi connectivity index (χ2v) is 5.06. The molecule has 0 aromatic carbocycles. The Kier molecular flexibility index (Phi) is 4.22. The second-order valence-electron chi connectivity index (χ2n) is 5.06. The summed E-state index contributed by atoms with van der Waals surface area (Å²) in [5, 5.41) is 0. The Hall–Kier alpha value is -2.11. The van der Waals surface area contributed by atoms with Gasteiger partial charge in [0.25, 0.3) is 5.56 Å². The van der Waals surface area contributed by atoms with Gasteiger partial charge in [0.05, 0.1) is 5.56 Å². The highest BCUT2D eigenvalue weighted by atomic mass is 16.2. The fourth-order valence-corrected chi connectivity index (χ4v) is 2.33. The number of likely N-dealkylation sites (tertiary alicyclic amines) is 1. The first-order valence-electron chi connectivity index (χ1n) is 6.74. The average Bonchev–Trinajstić information content (AvgIpc) is 2.48. The predicted octanol–water partition coefficient (Wildman–Crippen LogP) is 0.110. The minimum atomic E-state index is -0.393. The lowest BCUT2D eigenvalue weighted by atomic mass is 10.1. The van der Waals surface area contributed by atoms with Gasteiger partial charge in [-0.2, -0.15) is 0 Å². The van der Waals surface area contributed by atoms with Gasteiger partial charge < -0.3 is 9.47 Å². The summed E-state index contributed by atoms with van der Waals surface area (Å²) < 4.78 is 2.36. The predicted molar refractivity (Wildman–Crippen MR) is 76.4 cm³/mol. The topological polar surface area (TPSA) is 64.3 Å². The van der Waals surface area contributed by atoms with Crippen LogP contribution < -0.4 is 11.2 Å². The summed E-state index contributed by atoms with van der Waals surface area (Å²) in [4.78, 5) is 37.2. The number of nitrogens with zero attached hydrogens (tertiary/aromatic N) is 3. The van der Waals surface area contributed by atoms with Gasteiger partial charge in [-0.1, -0.05) is 0 Å². The number of rotatable bonds is 2. The van der Waals surface area contributed by atoms with Crippen LogP contribution in [0.2, 0.25) is 0 Å². The minimum Gasteiger partial charge on any atom is -0.339 e. The van der Waals surface area contributed by atoms with E-state index in [1.54, 1.807) is 11.9 Å². The summed E-state index contributed by atoms with van der Waals surface area (Å²) in [5.41, 5.74) is -0.440. The van der Waals surface area contributed by atoms with Gasteiger partial charge in [-0.15, -0.1) is 0 Å². The Morgan fingerprint density at radius 3 is 2.45 bits per heavy atom. The lowest BCUT2D eigenvalue weighted by molar-refractivity contribution is -0.126. The Morgan fingerprint density at radius 2 is 1.80 bits per heavy atom. The third-order valence-electron chi connectivity index (χ3n) is 3.55. The van der Waals surface area contributed by atoms with Crippen LogP contribution in [0.15, 0.2) is 21.9 Å². The van der Waals surface area contributed by atoms with Crippen molar-refractivity contribution in [1.82, 2.24) is 14.0 Å². The van der Waals surface area contributed by atoms with Crippen molar-refractivity contribution in [2.24, 2.45) is 14.1 Å². The number of carbonyl (C=O) groups excluding carboxylic acids is 1. The molecule has 1 fully saturated rings. The van der Waals surface area contributed by atoms with Gasteiger partial charge in [0, 0.05) is 39.5 Å². The number of aromatic nitrogens is 2. The van der Waals surface area contributed by atoms with E-state index in [1.807, 2.05) is 0 Å². The Bertz CT molecular complexity index is 649. The van der Waals surface area contributed by atoms with Crippen molar-refractivity contribution < 1.29 is 4.79 Å². The Labute approximate surface area is 116 Å². The maximum Gasteiger partial charge on any atom is 0.330 e. The van der Waals surface area contributed by atoms with Crippen molar-refractivity contribution in [3.05, 3.63) is 38.7 Å². The molecule has 0 aliphatic carbocycles. The maximum atomic E-state index is 12.0. The summed E-state index contributed by atoms with van der Waals surface area (Å²) in [5.74, 6) is -0.0828. The van der Waals surface area contributed by atoms with Crippen LogP contribution in [0.4, 0.5) is 0 Å².